The molecule has 8 bridgehead atoms. The average Bonchev–Trinajstić information content (AvgIpc) is 3.25. The molecular weight excluding hydrogens is 753 g/mol. The Hall–Kier alpha value is -4.72. The van der Waals surface area contributed by atoms with Gasteiger partial charge in [-0.1, -0.05) is 55.4 Å². The summed E-state index contributed by atoms with van der Waals surface area (Å²) < 4.78 is 52.7. The smallest absolute Gasteiger partial charge is 0.123 e. The summed E-state index contributed by atoms with van der Waals surface area (Å²) in [6.45, 7) is 21.9. The van der Waals surface area contributed by atoms with Gasteiger partial charge in [-0.2, -0.15) is 0 Å². The number of ether oxygens (including phenoxy) is 8. The van der Waals surface area contributed by atoms with Crippen LogP contribution in [0.25, 0.3) is 0 Å². The molecule has 0 aliphatic heterocycles. The van der Waals surface area contributed by atoms with Gasteiger partial charge >= 0.3 is 0 Å². The summed E-state index contributed by atoms with van der Waals surface area (Å²) in [5.74, 6) is 6.77. The van der Waals surface area contributed by atoms with E-state index in [2.05, 4.69) is 104 Å². The first-order valence-corrected chi connectivity index (χ1v) is 23.0. The number of rotatable bonds is 24. The highest BCUT2D eigenvalue weighted by Crippen LogP contribution is 2.42. The highest BCUT2D eigenvalue weighted by molar-refractivity contribution is 5.59. The Bertz CT molecular complexity index is 1520. The molecule has 0 heterocycles. The van der Waals surface area contributed by atoms with E-state index in [9.17, 15) is 0 Å². The van der Waals surface area contributed by atoms with Gasteiger partial charge in [0.25, 0.3) is 0 Å². The number of hydrogen-bond donors (Lipinski definition) is 0. The lowest BCUT2D eigenvalue weighted by molar-refractivity contribution is 0.298. The largest absolute Gasteiger partial charge is 0.493 e. The minimum atomic E-state index is 0.576. The third-order valence-electron chi connectivity index (χ3n) is 10.2. The van der Waals surface area contributed by atoms with Crippen molar-refractivity contribution in [3.63, 3.8) is 0 Å². The fourth-order valence-corrected chi connectivity index (χ4v) is 7.27. The van der Waals surface area contributed by atoms with Gasteiger partial charge < -0.3 is 37.9 Å². The van der Waals surface area contributed by atoms with Crippen LogP contribution in [0.3, 0.4) is 0 Å². The molecule has 4 aromatic carbocycles. The summed E-state index contributed by atoms with van der Waals surface area (Å²) in [6, 6.07) is 17.5. The number of hydrogen-bond acceptors (Lipinski definition) is 8. The van der Waals surface area contributed by atoms with Crippen molar-refractivity contribution < 1.29 is 37.9 Å². The Balaban J connectivity index is 1.86. The minimum absolute atomic E-state index is 0.576. The van der Waals surface area contributed by atoms with Gasteiger partial charge in [-0.05, 0) is 99.9 Å². The molecule has 10 aliphatic rings. The van der Waals surface area contributed by atoms with Gasteiger partial charge in [0.1, 0.15) is 46.0 Å². The third kappa shape index (κ3) is 12.7. The quantitative estimate of drug-likeness (QED) is 0.0609. The number of benzene rings is 4. The van der Waals surface area contributed by atoms with Crippen molar-refractivity contribution >= 4 is 0 Å². The molecule has 10 aliphatic carbocycles. The van der Waals surface area contributed by atoms with E-state index in [1.165, 1.54) is 0 Å². The molecule has 0 fully saturated rings. The summed E-state index contributed by atoms with van der Waals surface area (Å²) in [6.07, 6.45) is 9.43. The predicted molar refractivity (Wildman–Crippen MR) is 243 cm³/mol. The highest BCUT2D eigenvalue weighted by Gasteiger charge is 2.24. The lowest BCUT2D eigenvalue weighted by atomic mass is 9.92. The van der Waals surface area contributed by atoms with Gasteiger partial charge in [-0.25, -0.2) is 0 Å². The van der Waals surface area contributed by atoms with Crippen molar-refractivity contribution in [3.8, 4) is 46.0 Å². The van der Waals surface area contributed by atoms with E-state index in [1.807, 2.05) is 0 Å². The fourth-order valence-electron chi connectivity index (χ4n) is 7.27. The van der Waals surface area contributed by atoms with Crippen molar-refractivity contribution in [1.29, 1.82) is 0 Å². The molecule has 0 spiro atoms. The lowest BCUT2D eigenvalue weighted by Crippen LogP contribution is -2.10. The van der Waals surface area contributed by atoms with Gasteiger partial charge in [-0.15, -0.1) is 0 Å². The monoisotopic (exact) mass is 825 g/mol. The molecule has 8 nitrogen and oxygen atoms in total. The molecule has 0 N–H and O–H groups in total. The van der Waals surface area contributed by atoms with E-state index in [4.69, 9.17) is 37.9 Å². The summed E-state index contributed by atoms with van der Waals surface area (Å²) in [7, 11) is 0. The first-order chi connectivity index (χ1) is 29.4. The molecule has 0 unspecified atom stereocenters. The molecule has 4 aromatic rings. The molecule has 60 heavy (non-hydrogen) atoms. The SMILES string of the molecule is CCCOc1cc2c(OCCC)cc1Cc1cc(OCCC)c(cc1OCCC)Cc1cc(OCCC)c(cc1OCCC)Cc1cc(OCCC)c(cc1OCCC)C2. The zero-order valence-corrected chi connectivity index (χ0v) is 38.0. The summed E-state index contributed by atoms with van der Waals surface area (Å²) in [5.41, 5.74) is 8.31. The van der Waals surface area contributed by atoms with E-state index in [0.29, 0.717) is 78.5 Å². The van der Waals surface area contributed by atoms with Crippen LogP contribution in [0.2, 0.25) is 0 Å². The van der Waals surface area contributed by atoms with Crippen LogP contribution >= 0.6 is 0 Å². The molecule has 0 saturated heterocycles. The standard InChI is InChI=1S/C52H72O8/c1-9-17-53-45-29-38-26-40-32-50(58-22-14-6)42(34-49(40)57-21-13-5)28-44-36-51(59-23-15-7)43(35-52(44)60-24-16-8)27-41-33-47(55-19-11-3)39(31-48(41)56-20-12-4)25-37(45)30-46(38)54-18-10-2/h29-36H,9-28H2,1-8H3. The van der Waals surface area contributed by atoms with Gasteiger partial charge in [0, 0.05) is 70.2 Å². The van der Waals surface area contributed by atoms with Crippen molar-refractivity contribution in [2.75, 3.05) is 52.9 Å². The lowest BCUT2D eigenvalue weighted by Gasteiger charge is -2.23. The Morgan fingerprint density at radius 1 is 0.233 bits per heavy atom. The van der Waals surface area contributed by atoms with Crippen molar-refractivity contribution in [2.24, 2.45) is 0 Å². The van der Waals surface area contributed by atoms with Crippen LogP contribution in [-0.4, -0.2) is 52.9 Å². The van der Waals surface area contributed by atoms with Crippen LogP contribution in [0.1, 0.15) is 151 Å². The molecule has 0 amide bonds. The second-order valence-electron chi connectivity index (χ2n) is 15.8. The maximum atomic E-state index is 6.59. The van der Waals surface area contributed by atoms with Crippen LogP contribution in [0.4, 0.5) is 0 Å². The zero-order chi connectivity index (χ0) is 42.7. The maximum absolute atomic E-state index is 6.59. The molecule has 0 atom stereocenters. The average molecular weight is 825 g/mol. The summed E-state index contributed by atoms with van der Waals surface area (Å²) >= 11 is 0. The van der Waals surface area contributed by atoms with Gasteiger partial charge in [-0.3, -0.25) is 0 Å². The second kappa shape index (κ2) is 24.5. The minimum Gasteiger partial charge on any atom is -0.493 e. The summed E-state index contributed by atoms with van der Waals surface area (Å²) in [4.78, 5) is 0. The Morgan fingerprint density at radius 3 is 0.450 bits per heavy atom. The van der Waals surface area contributed by atoms with E-state index < -0.39 is 0 Å². The molecule has 0 aromatic heterocycles. The van der Waals surface area contributed by atoms with Crippen LogP contribution in [0.15, 0.2) is 48.5 Å². The Morgan fingerprint density at radius 2 is 0.350 bits per heavy atom. The molecule has 14 rings (SSSR count). The van der Waals surface area contributed by atoms with E-state index >= 15 is 0 Å². The third-order valence-corrected chi connectivity index (χ3v) is 10.2. The van der Waals surface area contributed by atoms with Gasteiger partial charge in [0.2, 0.25) is 0 Å². The first kappa shape index (κ1) is 46.3. The molecule has 8 heteroatoms. The zero-order valence-electron chi connectivity index (χ0n) is 38.0. The Labute approximate surface area is 361 Å². The second-order valence-corrected chi connectivity index (χ2v) is 15.8. The van der Waals surface area contributed by atoms with Crippen LogP contribution in [0.5, 0.6) is 46.0 Å². The van der Waals surface area contributed by atoms with Crippen molar-refractivity contribution in [2.45, 2.75) is 132 Å². The summed E-state index contributed by atoms with van der Waals surface area (Å²) in [5, 5.41) is 0. The molecule has 328 valence electrons. The van der Waals surface area contributed by atoms with Crippen LogP contribution in [0, 0.1) is 0 Å². The van der Waals surface area contributed by atoms with Gasteiger partial charge in [0.15, 0.2) is 0 Å². The van der Waals surface area contributed by atoms with E-state index in [-0.39, 0.29) is 0 Å². The van der Waals surface area contributed by atoms with Gasteiger partial charge in [0.05, 0.1) is 52.9 Å². The fraction of sp³-hybridized carbons (Fsp3) is 0.538. The Kier molecular flexibility index (Phi) is 18.9. The first-order valence-electron chi connectivity index (χ1n) is 23.0. The molecule has 0 saturated carbocycles. The van der Waals surface area contributed by atoms with Crippen LogP contribution < -0.4 is 37.9 Å². The maximum Gasteiger partial charge on any atom is 0.123 e. The predicted octanol–water partition coefficient (Wildman–Crippen LogP) is 12.7. The normalized spacial score (nSPS) is 12.1. The van der Waals surface area contributed by atoms with E-state index in [1.54, 1.807) is 0 Å². The molecular formula is C52H72O8. The van der Waals surface area contributed by atoms with E-state index in [0.717, 1.165) is 142 Å². The van der Waals surface area contributed by atoms with Crippen molar-refractivity contribution in [3.05, 3.63) is 93.0 Å². The highest BCUT2D eigenvalue weighted by atomic mass is 16.5. The van der Waals surface area contributed by atoms with Crippen molar-refractivity contribution in [1.82, 2.24) is 0 Å². The molecule has 0 radical (unpaired) electrons. The topological polar surface area (TPSA) is 73.8 Å². The van der Waals surface area contributed by atoms with Crippen LogP contribution in [-0.2, 0) is 25.7 Å².